The number of esters is 1. The first-order chi connectivity index (χ1) is 10.0. The zero-order valence-electron chi connectivity index (χ0n) is 11.7. The summed E-state index contributed by atoms with van der Waals surface area (Å²) in [4.78, 5) is 11.7. The molecule has 0 amide bonds. The molecule has 0 radical (unpaired) electrons. The normalized spacial score (nSPS) is 10.2. The molecule has 4 nitrogen and oxygen atoms in total. The monoisotopic (exact) mass is 398 g/mol. The van der Waals surface area contributed by atoms with Gasteiger partial charge in [0, 0.05) is 0 Å². The molecule has 0 unspecified atom stereocenters. The molecule has 0 bridgehead atoms. The van der Waals surface area contributed by atoms with Crippen LogP contribution >= 0.6 is 22.6 Å². The summed E-state index contributed by atoms with van der Waals surface area (Å²) in [6.45, 7) is 2.13. The third-order valence-corrected chi connectivity index (χ3v) is 4.07. The number of aromatic hydroxyl groups is 1. The lowest BCUT2D eigenvalue weighted by molar-refractivity contribution is 0.0596. The summed E-state index contributed by atoms with van der Waals surface area (Å²) in [6, 6.07) is 11.5. The van der Waals surface area contributed by atoms with Crippen LogP contribution in [0.3, 0.4) is 0 Å². The van der Waals surface area contributed by atoms with E-state index in [0.29, 0.717) is 21.5 Å². The van der Waals surface area contributed by atoms with Crippen molar-refractivity contribution in [1.29, 1.82) is 0 Å². The van der Waals surface area contributed by atoms with Gasteiger partial charge in [0.1, 0.15) is 23.7 Å². The highest BCUT2D eigenvalue weighted by Gasteiger charge is 2.21. The molecule has 0 atom stereocenters. The first kappa shape index (κ1) is 15.6. The van der Waals surface area contributed by atoms with Crippen LogP contribution in [-0.4, -0.2) is 18.2 Å². The molecule has 21 heavy (non-hydrogen) atoms. The molecule has 0 spiro atoms. The highest BCUT2D eigenvalue weighted by Crippen LogP contribution is 2.36. The summed E-state index contributed by atoms with van der Waals surface area (Å²) >= 11 is 1.96. The molecule has 5 heteroatoms. The van der Waals surface area contributed by atoms with Crippen molar-refractivity contribution in [2.45, 2.75) is 13.5 Å². The first-order valence-electron chi connectivity index (χ1n) is 6.31. The third kappa shape index (κ3) is 3.47. The molecule has 2 rings (SSSR count). The Labute approximate surface area is 136 Å². The van der Waals surface area contributed by atoms with Crippen molar-refractivity contribution in [2.75, 3.05) is 7.11 Å². The topological polar surface area (TPSA) is 55.8 Å². The Hall–Kier alpha value is -1.76. The standard InChI is InChI=1S/C16H15IO4/c1-10-8-12(21-9-11-6-4-3-5-7-11)14(17)15(18)13(10)16(19)20-2/h3-8,18H,9H2,1-2H3. The van der Waals surface area contributed by atoms with E-state index in [1.165, 1.54) is 7.11 Å². The summed E-state index contributed by atoms with van der Waals surface area (Å²) < 4.78 is 10.9. The van der Waals surface area contributed by atoms with Crippen LogP contribution in [-0.2, 0) is 11.3 Å². The molecule has 0 fully saturated rings. The summed E-state index contributed by atoms with van der Waals surface area (Å²) in [5.74, 6) is -0.120. The van der Waals surface area contributed by atoms with Gasteiger partial charge in [-0.05, 0) is 46.7 Å². The number of rotatable bonds is 4. The predicted octanol–water partition coefficient (Wildman–Crippen LogP) is 3.67. The average molecular weight is 398 g/mol. The maximum Gasteiger partial charge on any atom is 0.341 e. The zero-order chi connectivity index (χ0) is 15.4. The Morgan fingerprint density at radius 3 is 2.57 bits per heavy atom. The van der Waals surface area contributed by atoms with Gasteiger partial charge in [0.15, 0.2) is 0 Å². The fourth-order valence-electron chi connectivity index (χ4n) is 1.95. The van der Waals surface area contributed by atoms with E-state index in [2.05, 4.69) is 4.74 Å². The number of methoxy groups -OCH3 is 1. The van der Waals surface area contributed by atoms with Crippen LogP contribution in [0.15, 0.2) is 36.4 Å². The Morgan fingerprint density at radius 1 is 1.29 bits per heavy atom. The number of hydrogen-bond donors (Lipinski definition) is 1. The zero-order valence-corrected chi connectivity index (χ0v) is 13.9. The molecule has 0 aromatic heterocycles. The van der Waals surface area contributed by atoms with Gasteiger partial charge in [0.05, 0.1) is 10.7 Å². The van der Waals surface area contributed by atoms with E-state index >= 15 is 0 Å². The van der Waals surface area contributed by atoms with Crippen molar-refractivity contribution in [3.8, 4) is 11.5 Å². The van der Waals surface area contributed by atoms with Crippen LogP contribution in [0.1, 0.15) is 21.5 Å². The first-order valence-corrected chi connectivity index (χ1v) is 7.39. The second-order valence-corrected chi connectivity index (χ2v) is 5.57. The lowest BCUT2D eigenvalue weighted by atomic mass is 10.1. The number of carbonyl (C=O) groups is 1. The molecule has 110 valence electrons. The number of benzene rings is 2. The van der Waals surface area contributed by atoms with Crippen LogP contribution in [0.2, 0.25) is 0 Å². The Kier molecular flexibility index (Phi) is 5.06. The van der Waals surface area contributed by atoms with E-state index < -0.39 is 5.97 Å². The predicted molar refractivity (Wildman–Crippen MR) is 87.7 cm³/mol. The van der Waals surface area contributed by atoms with Gasteiger partial charge in [0.2, 0.25) is 0 Å². The summed E-state index contributed by atoms with van der Waals surface area (Å²) in [5, 5.41) is 10.2. The molecular weight excluding hydrogens is 383 g/mol. The highest BCUT2D eigenvalue weighted by atomic mass is 127. The number of phenols is 1. The van der Waals surface area contributed by atoms with Gasteiger partial charge < -0.3 is 14.6 Å². The fourth-order valence-corrected chi connectivity index (χ4v) is 2.53. The van der Waals surface area contributed by atoms with E-state index in [0.717, 1.165) is 5.56 Å². The lowest BCUT2D eigenvalue weighted by Gasteiger charge is -2.14. The minimum absolute atomic E-state index is 0.106. The fraction of sp³-hybridized carbons (Fsp3) is 0.188. The Bertz CT molecular complexity index is 653. The second kappa shape index (κ2) is 6.80. The molecule has 0 heterocycles. The van der Waals surface area contributed by atoms with Gasteiger partial charge in [-0.1, -0.05) is 30.3 Å². The van der Waals surface area contributed by atoms with Crippen LogP contribution in [0.5, 0.6) is 11.5 Å². The van der Waals surface area contributed by atoms with Crippen LogP contribution in [0, 0.1) is 10.5 Å². The van der Waals surface area contributed by atoms with Gasteiger partial charge in [-0.25, -0.2) is 4.79 Å². The highest BCUT2D eigenvalue weighted by molar-refractivity contribution is 14.1. The smallest absolute Gasteiger partial charge is 0.341 e. The molecular formula is C16H15IO4. The van der Waals surface area contributed by atoms with Gasteiger partial charge >= 0.3 is 5.97 Å². The van der Waals surface area contributed by atoms with E-state index in [4.69, 9.17) is 4.74 Å². The van der Waals surface area contributed by atoms with E-state index in [1.54, 1.807) is 13.0 Å². The molecule has 1 N–H and O–H groups in total. The Balaban J connectivity index is 2.28. The van der Waals surface area contributed by atoms with Crippen molar-refractivity contribution in [3.05, 3.63) is 56.7 Å². The van der Waals surface area contributed by atoms with Crippen molar-refractivity contribution in [1.82, 2.24) is 0 Å². The Morgan fingerprint density at radius 2 is 1.95 bits per heavy atom. The number of hydrogen-bond acceptors (Lipinski definition) is 4. The summed E-state index contributed by atoms with van der Waals surface area (Å²) in [5.41, 5.74) is 1.82. The van der Waals surface area contributed by atoms with Crippen LogP contribution in [0.25, 0.3) is 0 Å². The molecule has 0 aliphatic heterocycles. The quantitative estimate of drug-likeness (QED) is 0.631. The van der Waals surface area contributed by atoms with E-state index in [-0.39, 0.29) is 11.3 Å². The van der Waals surface area contributed by atoms with Crippen molar-refractivity contribution in [2.24, 2.45) is 0 Å². The molecule has 0 aliphatic rings. The van der Waals surface area contributed by atoms with E-state index in [9.17, 15) is 9.90 Å². The summed E-state index contributed by atoms with van der Waals surface area (Å²) in [6.07, 6.45) is 0. The second-order valence-electron chi connectivity index (χ2n) is 4.50. The van der Waals surface area contributed by atoms with Crippen LogP contribution < -0.4 is 4.74 Å². The van der Waals surface area contributed by atoms with Gasteiger partial charge in [-0.2, -0.15) is 0 Å². The molecule has 2 aromatic rings. The van der Waals surface area contributed by atoms with Crippen molar-refractivity contribution < 1.29 is 19.4 Å². The lowest BCUT2D eigenvalue weighted by Crippen LogP contribution is -2.07. The maximum atomic E-state index is 11.7. The SMILES string of the molecule is COC(=O)c1c(C)cc(OCc2ccccc2)c(I)c1O. The van der Waals surface area contributed by atoms with Crippen molar-refractivity contribution in [3.63, 3.8) is 0 Å². The minimum atomic E-state index is -0.558. The minimum Gasteiger partial charge on any atom is -0.506 e. The molecule has 2 aromatic carbocycles. The number of ether oxygens (including phenoxy) is 2. The number of aryl methyl sites for hydroxylation is 1. The summed E-state index contributed by atoms with van der Waals surface area (Å²) in [7, 11) is 1.29. The number of halogens is 1. The van der Waals surface area contributed by atoms with Gasteiger partial charge in [0.25, 0.3) is 0 Å². The van der Waals surface area contributed by atoms with E-state index in [1.807, 2.05) is 52.9 Å². The number of phenolic OH excluding ortho intramolecular Hbond substituents is 1. The average Bonchev–Trinajstić information content (AvgIpc) is 2.50. The third-order valence-electron chi connectivity index (χ3n) is 3.03. The maximum absolute atomic E-state index is 11.7. The van der Waals surface area contributed by atoms with Crippen molar-refractivity contribution >= 4 is 28.6 Å². The van der Waals surface area contributed by atoms with Gasteiger partial charge in [-0.3, -0.25) is 0 Å². The molecule has 0 saturated carbocycles. The van der Waals surface area contributed by atoms with Gasteiger partial charge in [-0.15, -0.1) is 0 Å². The molecule has 0 aliphatic carbocycles. The van der Waals surface area contributed by atoms with Crippen LogP contribution in [0.4, 0.5) is 0 Å². The number of carbonyl (C=O) groups excluding carboxylic acids is 1. The molecule has 0 saturated heterocycles. The largest absolute Gasteiger partial charge is 0.506 e.